The molecule has 1 aromatic heterocycles. The molecule has 0 spiro atoms. The number of carbonyl (C=O) groups is 1. The van der Waals surface area contributed by atoms with Crippen molar-refractivity contribution in [1.82, 2.24) is 4.90 Å². The molecule has 3 aromatic rings. The monoisotopic (exact) mass is 437 g/mol. The zero-order valence-corrected chi connectivity index (χ0v) is 18.5. The number of amides is 1. The van der Waals surface area contributed by atoms with Crippen molar-refractivity contribution in [3.63, 3.8) is 0 Å². The maximum absolute atomic E-state index is 13.5. The van der Waals surface area contributed by atoms with Crippen molar-refractivity contribution in [3.05, 3.63) is 69.1 Å². The van der Waals surface area contributed by atoms with Crippen LogP contribution in [0.2, 0.25) is 0 Å². The third-order valence-electron chi connectivity index (χ3n) is 5.51. The third kappa shape index (κ3) is 3.73. The molecule has 0 saturated heterocycles. The van der Waals surface area contributed by atoms with Crippen LogP contribution in [-0.4, -0.2) is 42.3 Å². The van der Waals surface area contributed by atoms with Gasteiger partial charge in [0.1, 0.15) is 5.58 Å². The summed E-state index contributed by atoms with van der Waals surface area (Å²) < 4.78 is 17.5. The SMILES string of the molecule is CCCOc1ccc([C@@H]2c3c(oc4ccc(C)cc4c3=O)C(=O)N2CCO)cc1OCC. The van der Waals surface area contributed by atoms with Crippen LogP contribution in [0.15, 0.2) is 45.6 Å². The van der Waals surface area contributed by atoms with Gasteiger partial charge in [0.05, 0.1) is 36.8 Å². The van der Waals surface area contributed by atoms with Crippen molar-refractivity contribution in [1.29, 1.82) is 0 Å². The minimum atomic E-state index is -0.690. The molecule has 2 heterocycles. The highest BCUT2D eigenvalue weighted by Crippen LogP contribution is 2.41. The average molecular weight is 437 g/mol. The Labute approximate surface area is 186 Å². The fourth-order valence-corrected chi connectivity index (χ4v) is 4.11. The fourth-order valence-electron chi connectivity index (χ4n) is 4.11. The molecule has 4 rings (SSSR count). The van der Waals surface area contributed by atoms with Crippen molar-refractivity contribution in [2.24, 2.45) is 0 Å². The van der Waals surface area contributed by atoms with Gasteiger partial charge in [-0.1, -0.05) is 24.6 Å². The molecule has 1 aliphatic heterocycles. The van der Waals surface area contributed by atoms with Gasteiger partial charge in [-0.05, 0) is 50.1 Å². The molecule has 7 heteroatoms. The van der Waals surface area contributed by atoms with Gasteiger partial charge < -0.3 is 23.9 Å². The molecule has 0 fully saturated rings. The second-order valence-corrected chi connectivity index (χ2v) is 7.79. The highest BCUT2D eigenvalue weighted by Gasteiger charge is 2.42. The summed E-state index contributed by atoms with van der Waals surface area (Å²) in [5.41, 5.74) is 2.03. The first-order valence-electron chi connectivity index (χ1n) is 10.9. The van der Waals surface area contributed by atoms with E-state index in [9.17, 15) is 14.7 Å². The molecule has 1 atom stereocenters. The molecule has 0 aliphatic carbocycles. The Morgan fingerprint density at radius 1 is 1.06 bits per heavy atom. The van der Waals surface area contributed by atoms with Crippen molar-refractivity contribution < 1.29 is 23.8 Å². The summed E-state index contributed by atoms with van der Waals surface area (Å²) in [5, 5.41) is 10.0. The normalized spacial score (nSPS) is 15.3. The van der Waals surface area contributed by atoms with Gasteiger partial charge in [0.25, 0.3) is 5.91 Å². The number of benzene rings is 2. The standard InChI is InChI=1S/C25H27NO6/c1-4-12-31-19-9-7-16(14-20(19)30-5-2)22-21-23(28)17-13-15(3)6-8-18(17)32-24(21)25(29)26(22)10-11-27/h6-9,13-14,22,27H,4-5,10-12H2,1-3H3/t22-/m1/s1. The lowest BCUT2D eigenvalue weighted by atomic mass is 9.97. The van der Waals surface area contributed by atoms with E-state index in [2.05, 4.69) is 0 Å². The predicted octanol–water partition coefficient (Wildman–Crippen LogP) is 3.83. The zero-order valence-electron chi connectivity index (χ0n) is 18.5. The number of aliphatic hydroxyl groups is 1. The van der Waals surface area contributed by atoms with Gasteiger partial charge in [-0.3, -0.25) is 9.59 Å². The van der Waals surface area contributed by atoms with E-state index in [1.807, 2.05) is 32.9 Å². The summed E-state index contributed by atoms with van der Waals surface area (Å²) in [6.07, 6.45) is 0.857. The average Bonchev–Trinajstić information content (AvgIpc) is 3.06. The molecule has 0 saturated carbocycles. The number of β-amino-alcohol motifs (C(OH)–C–C–N with tert-alkyl or cyclic N) is 1. The fraction of sp³-hybridized carbons (Fsp3) is 0.360. The minimum Gasteiger partial charge on any atom is -0.490 e. The Morgan fingerprint density at radius 3 is 2.59 bits per heavy atom. The Kier molecular flexibility index (Phi) is 6.19. The number of nitrogens with zero attached hydrogens (tertiary/aromatic N) is 1. The zero-order chi connectivity index (χ0) is 22.8. The van der Waals surface area contributed by atoms with Gasteiger partial charge in [0, 0.05) is 6.54 Å². The van der Waals surface area contributed by atoms with E-state index in [1.54, 1.807) is 24.3 Å². The highest BCUT2D eigenvalue weighted by molar-refractivity contribution is 5.99. The number of aryl methyl sites for hydroxylation is 1. The third-order valence-corrected chi connectivity index (χ3v) is 5.51. The van der Waals surface area contributed by atoms with Gasteiger partial charge in [-0.15, -0.1) is 0 Å². The molecule has 1 amide bonds. The van der Waals surface area contributed by atoms with Crippen molar-refractivity contribution in [2.45, 2.75) is 33.2 Å². The van der Waals surface area contributed by atoms with Gasteiger partial charge in [0.15, 0.2) is 16.9 Å². The van der Waals surface area contributed by atoms with Crippen LogP contribution in [0.5, 0.6) is 11.5 Å². The van der Waals surface area contributed by atoms with Crippen molar-refractivity contribution in [3.8, 4) is 11.5 Å². The minimum absolute atomic E-state index is 0.0223. The Morgan fingerprint density at radius 2 is 1.88 bits per heavy atom. The number of fused-ring (bicyclic) bond motifs is 2. The van der Waals surface area contributed by atoms with Crippen LogP contribution >= 0.6 is 0 Å². The van der Waals surface area contributed by atoms with E-state index in [1.165, 1.54) is 4.90 Å². The molecule has 7 nitrogen and oxygen atoms in total. The first-order chi connectivity index (χ1) is 15.5. The number of hydrogen-bond donors (Lipinski definition) is 1. The Hall–Kier alpha value is -3.32. The Bertz CT molecular complexity index is 1220. The lowest BCUT2D eigenvalue weighted by Crippen LogP contribution is -2.32. The van der Waals surface area contributed by atoms with Crippen LogP contribution in [0, 0.1) is 6.92 Å². The molecule has 32 heavy (non-hydrogen) atoms. The molecular weight excluding hydrogens is 410 g/mol. The molecule has 1 aliphatic rings. The van der Waals surface area contributed by atoms with Crippen LogP contribution in [0.25, 0.3) is 11.0 Å². The first kappa shape index (κ1) is 21.9. The number of carbonyl (C=O) groups excluding carboxylic acids is 1. The van der Waals surface area contributed by atoms with Gasteiger partial charge in [-0.2, -0.15) is 0 Å². The summed E-state index contributed by atoms with van der Waals surface area (Å²) in [6, 6.07) is 10.0. The smallest absolute Gasteiger partial charge is 0.290 e. The molecule has 1 N–H and O–H groups in total. The lowest BCUT2D eigenvalue weighted by Gasteiger charge is -2.25. The second-order valence-electron chi connectivity index (χ2n) is 7.79. The molecular formula is C25H27NO6. The van der Waals surface area contributed by atoms with E-state index < -0.39 is 11.9 Å². The predicted molar refractivity (Wildman–Crippen MR) is 121 cm³/mol. The van der Waals surface area contributed by atoms with E-state index in [4.69, 9.17) is 13.9 Å². The molecule has 2 aromatic carbocycles. The highest BCUT2D eigenvalue weighted by atomic mass is 16.5. The second kappa shape index (κ2) is 9.04. The first-order valence-corrected chi connectivity index (χ1v) is 10.9. The number of hydrogen-bond acceptors (Lipinski definition) is 6. The molecule has 0 unspecified atom stereocenters. The quantitative estimate of drug-likeness (QED) is 0.576. The van der Waals surface area contributed by atoms with E-state index in [0.29, 0.717) is 41.2 Å². The molecule has 168 valence electrons. The number of aliphatic hydroxyl groups excluding tert-OH is 1. The number of ether oxygens (including phenoxy) is 2. The van der Waals surface area contributed by atoms with Crippen LogP contribution in [0.3, 0.4) is 0 Å². The van der Waals surface area contributed by atoms with Gasteiger partial charge >= 0.3 is 0 Å². The van der Waals surface area contributed by atoms with Crippen LogP contribution in [0.4, 0.5) is 0 Å². The van der Waals surface area contributed by atoms with Crippen molar-refractivity contribution in [2.75, 3.05) is 26.4 Å². The van der Waals surface area contributed by atoms with Crippen LogP contribution in [0.1, 0.15) is 53.6 Å². The maximum Gasteiger partial charge on any atom is 0.290 e. The largest absolute Gasteiger partial charge is 0.490 e. The topological polar surface area (TPSA) is 89.2 Å². The summed E-state index contributed by atoms with van der Waals surface area (Å²) in [7, 11) is 0. The molecule has 0 radical (unpaired) electrons. The summed E-state index contributed by atoms with van der Waals surface area (Å²) in [5.74, 6) is 0.762. The maximum atomic E-state index is 13.5. The van der Waals surface area contributed by atoms with Crippen LogP contribution in [-0.2, 0) is 0 Å². The van der Waals surface area contributed by atoms with Gasteiger partial charge in [-0.25, -0.2) is 0 Å². The van der Waals surface area contributed by atoms with Crippen LogP contribution < -0.4 is 14.9 Å². The summed E-state index contributed by atoms with van der Waals surface area (Å²) in [6.45, 7) is 6.63. The lowest BCUT2D eigenvalue weighted by molar-refractivity contribution is 0.0691. The number of rotatable bonds is 8. The van der Waals surface area contributed by atoms with E-state index >= 15 is 0 Å². The Balaban J connectivity index is 1.91. The van der Waals surface area contributed by atoms with E-state index in [0.717, 1.165) is 12.0 Å². The summed E-state index contributed by atoms with van der Waals surface area (Å²) >= 11 is 0. The molecule has 0 bridgehead atoms. The summed E-state index contributed by atoms with van der Waals surface area (Å²) in [4.78, 5) is 28.2. The van der Waals surface area contributed by atoms with E-state index in [-0.39, 0.29) is 29.9 Å². The van der Waals surface area contributed by atoms with Gasteiger partial charge in [0.2, 0.25) is 5.76 Å². The van der Waals surface area contributed by atoms with Crippen molar-refractivity contribution >= 4 is 16.9 Å².